The maximum Gasteiger partial charge on any atom is 1.00 e. The zero-order valence-corrected chi connectivity index (χ0v) is 24.0. The predicted octanol–water partition coefficient (Wildman–Crippen LogP) is -0.949. The van der Waals surface area contributed by atoms with Crippen LogP contribution < -0.4 is 64.8 Å². The summed E-state index contributed by atoms with van der Waals surface area (Å²) < 4.78 is 9.83. The van der Waals surface area contributed by atoms with Gasteiger partial charge in [-0.25, -0.2) is 4.79 Å². The SMILES string of the molecule is CCCCCCCCCCCC(=O)OC(=O)[C@@H](N)CCC(=O)OCCCCC.[H-].[H-].[Na+].[Na+]. The topological polar surface area (TPSA) is 95.7 Å². The van der Waals surface area contributed by atoms with Crippen molar-refractivity contribution in [1.82, 2.24) is 0 Å². The predicted molar refractivity (Wildman–Crippen MR) is 113 cm³/mol. The van der Waals surface area contributed by atoms with Gasteiger partial charge in [-0.2, -0.15) is 0 Å². The number of ether oxygens (including phenoxy) is 2. The smallest absolute Gasteiger partial charge is 1.00 e. The molecular weight excluding hydrogens is 404 g/mol. The van der Waals surface area contributed by atoms with Crippen LogP contribution in [0.15, 0.2) is 0 Å². The van der Waals surface area contributed by atoms with Gasteiger partial charge in [-0.05, 0) is 19.3 Å². The molecular formula is C22H43NNa2O5. The maximum atomic E-state index is 11.8. The van der Waals surface area contributed by atoms with Crippen molar-refractivity contribution >= 4 is 17.9 Å². The molecule has 168 valence electrons. The Morgan fingerprint density at radius 2 is 1.23 bits per heavy atom. The van der Waals surface area contributed by atoms with Gasteiger partial charge in [0, 0.05) is 12.8 Å². The molecule has 0 aliphatic carbocycles. The fraction of sp³-hybridized carbons (Fsp3) is 0.864. The Morgan fingerprint density at radius 1 is 0.733 bits per heavy atom. The van der Waals surface area contributed by atoms with Crippen LogP contribution in [0.3, 0.4) is 0 Å². The summed E-state index contributed by atoms with van der Waals surface area (Å²) in [5, 5.41) is 0. The molecule has 0 radical (unpaired) electrons. The summed E-state index contributed by atoms with van der Waals surface area (Å²) in [5.74, 6) is -1.68. The van der Waals surface area contributed by atoms with Gasteiger partial charge in [0.2, 0.25) is 0 Å². The molecule has 0 aromatic heterocycles. The first-order chi connectivity index (χ1) is 13.5. The Hall–Kier alpha value is 0.570. The molecule has 8 heteroatoms. The number of nitrogens with two attached hydrogens (primary N) is 1. The van der Waals surface area contributed by atoms with E-state index in [1.165, 1.54) is 38.5 Å². The second kappa shape index (κ2) is 25.8. The van der Waals surface area contributed by atoms with Crippen molar-refractivity contribution < 1.29 is 85.8 Å². The molecule has 6 nitrogen and oxygen atoms in total. The van der Waals surface area contributed by atoms with Crippen LogP contribution in [0, 0.1) is 0 Å². The molecule has 0 aromatic carbocycles. The third kappa shape index (κ3) is 23.2. The fourth-order valence-corrected chi connectivity index (χ4v) is 2.82. The standard InChI is InChI=1S/C22H41NO5.2Na.2H/c1-3-5-7-8-9-10-11-12-13-15-21(25)28-22(26)19(23)16-17-20(24)27-18-14-6-4-2;;;;/h19H,3-18,23H2,1-2H3;;;;/q;2*+1;2*-1/t19-;;;;/m0..../s1. The summed E-state index contributed by atoms with van der Waals surface area (Å²) in [4.78, 5) is 35.1. The van der Waals surface area contributed by atoms with E-state index in [4.69, 9.17) is 15.2 Å². The molecule has 30 heavy (non-hydrogen) atoms. The van der Waals surface area contributed by atoms with Crippen molar-refractivity contribution in [3.63, 3.8) is 0 Å². The Balaban J connectivity index is -0.000000607. The first kappa shape index (κ1) is 35.2. The van der Waals surface area contributed by atoms with Crippen LogP contribution in [-0.2, 0) is 23.9 Å². The monoisotopic (exact) mass is 447 g/mol. The fourth-order valence-electron chi connectivity index (χ4n) is 2.82. The largest absolute Gasteiger partial charge is 1.00 e. The summed E-state index contributed by atoms with van der Waals surface area (Å²) in [6.45, 7) is 4.67. The third-order valence-corrected chi connectivity index (χ3v) is 4.67. The first-order valence-corrected chi connectivity index (χ1v) is 11.2. The van der Waals surface area contributed by atoms with Gasteiger partial charge in [-0.1, -0.05) is 78.1 Å². The number of carbonyl (C=O) groups is 3. The van der Waals surface area contributed by atoms with E-state index >= 15 is 0 Å². The number of hydrogen-bond donors (Lipinski definition) is 1. The normalized spacial score (nSPS) is 11.0. The van der Waals surface area contributed by atoms with Crippen LogP contribution in [0.2, 0.25) is 0 Å². The number of carbonyl (C=O) groups excluding carboxylic acids is 3. The van der Waals surface area contributed by atoms with Crippen LogP contribution in [0.4, 0.5) is 0 Å². The van der Waals surface area contributed by atoms with Crippen LogP contribution in [0.5, 0.6) is 0 Å². The molecule has 0 rings (SSSR count). The Kier molecular flexibility index (Phi) is 30.3. The molecule has 0 saturated heterocycles. The second-order valence-corrected chi connectivity index (χ2v) is 7.44. The van der Waals surface area contributed by atoms with E-state index in [1.807, 2.05) is 0 Å². The zero-order chi connectivity index (χ0) is 21.0. The number of esters is 3. The molecule has 0 bridgehead atoms. The molecule has 0 saturated carbocycles. The Bertz CT molecular complexity index is 447. The van der Waals surface area contributed by atoms with Crippen molar-refractivity contribution in [2.75, 3.05) is 6.61 Å². The van der Waals surface area contributed by atoms with E-state index < -0.39 is 18.0 Å². The molecule has 0 aromatic rings. The molecule has 0 unspecified atom stereocenters. The number of hydrogen-bond acceptors (Lipinski definition) is 6. The summed E-state index contributed by atoms with van der Waals surface area (Å²) in [6.07, 6.45) is 13.7. The van der Waals surface area contributed by atoms with E-state index in [1.54, 1.807) is 0 Å². The molecule has 1 atom stereocenters. The van der Waals surface area contributed by atoms with Gasteiger partial charge in [-0.15, -0.1) is 0 Å². The van der Waals surface area contributed by atoms with E-state index in [0.29, 0.717) is 6.61 Å². The van der Waals surface area contributed by atoms with Crippen molar-refractivity contribution in [3.8, 4) is 0 Å². The van der Waals surface area contributed by atoms with Gasteiger partial charge in [0.05, 0.1) is 6.61 Å². The minimum Gasteiger partial charge on any atom is -1.00 e. The molecule has 0 heterocycles. The van der Waals surface area contributed by atoms with Gasteiger partial charge in [0.15, 0.2) is 0 Å². The first-order valence-electron chi connectivity index (χ1n) is 11.2. The average Bonchev–Trinajstić information content (AvgIpc) is 2.68. The molecule has 0 fully saturated rings. The zero-order valence-electron chi connectivity index (χ0n) is 22.0. The van der Waals surface area contributed by atoms with Gasteiger partial charge in [0.1, 0.15) is 6.04 Å². The summed E-state index contributed by atoms with van der Waals surface area (Å²) in [6, 6.07) is -0.977. The van der Waals surface area contributed by atoms with Crippen LogP contribution in [0.1, 0.15) is 113 Å². The van der Waals surface area contributed by atoms with Crippen LogP contribution >= 0.6 is 0 Å². The van der Waals surface area contributed by atoms with E-state index in [2.05, 4.69) is 13.8 Å². The summed E-state index contributed by atoms with van der Waals surface area (Å²) >= 11 is 0. The Labute approximate surface area is 230 Å². The molecule has 0 aliphatic rings. The molecule has 0 amide bonds. The average molecular weight is 448 g/mol. The minimum absolute atomic E-state index is 0. The van der Waals surface area contributed by atoms with Crippen molar-refractivity contribution in [3.05, 3.63) is 0 Å². The molecule has 0 aliphatic heterocycles. The van der Waals surface area contributed by atoms with Crippen LogP contribution in [-0.4, -0.2) is 30.6 Å². The molecule has 2 N–H and O–H groups in total. The van der Waals surface area contributed by atoms with Gasteiger partial charge >= 0.3 is 77.0 Å². The van der Waals surface area contributed by atoms with Gasteiger partial charge < -0.3 is 18.1 Å². The minimum atomic E-state index is -0.977. The number of unbranched alkanes of at least 4 members (excludes halogenated alkanes) is 10. The van der Waals surface area contributed by atoms with Crippen LogP contribution in [0.25, 0.3) is 0 Å². The third-order valence-electron chi connectivity index (χ3n) is 4.67. The van der Waals surface area contributed by atoms with E-state index in [-0.39, 0.29) is 87.2 Å². The van der Waals surface area contributed by atoms with Crippen molar-refractivity contribution in [1.29, 1.82) is 0 Å². The van der Waals surface area contributed by atoms with E-state index in [0.717, 1.165) is 38.5 Å². The van der Waals surface area contributed by atoms with Gasteiger partial charge in [0.25, 0.3) is 0 Å². The maximum absolute atomic E-state index is 11.8. The second-order valence-electron chi connectivity index (χ2n) is 7.44. The van der Waals surface area contributed by atoms with Crippen molar-refractivity contribution in [2.45, 2.75) is 116 Å². The summed E-state index contributed by atoms with van der Waals surface area (Å²) in [5.41, 5.74) is 5.70. The molecule has 0 spiro atoms. The quantitative estimate of drug-likeness (QED) is 0.126. The van der Waals surface area contributed by atoms with Gasteiger partial charge in [-0.3, -0.25) is 9.59 Å². The summed E-state index contributed by atoms with van der Waals surface area (Å²) in [7, 11) is 0. The van der Waals surface area contributed by atoms with E-state index in [9.17, 15) is 14.4 Å². The van der Waals surface area contributed by atoms with Crippen molar-refractivity contribution in [2.24, 2.45) is 5.73 Å². The number of rotatable bonds is 18. The Morgan fingerprint density at radius 3 is 1.80 bits per heavy atom.